The molecule has 0 N–H and O–H groups in total. The van der Waals surface area contributed by atoms with Gasteiger partial charge in [0.1, 0.15) is 0 Å². The van der Waals surface area contributed by atoms with Crippen molar-refractivity contribution in [3.8, 4) is 0 Å². The fourth-order valence-electron chi connectivity index (χ4n) is 3.31. The van der Waals surface area contributed by atoms with Gasteiger partial charge in [-0.15, -0.1) is 11.6 Å². The highest BCUT2D eigenvalue weighted by molar-refractivity contribution is 6.39. The fourth-order valence-corrected chi connectivity index (χ4v) is 5.83. The Morgan fingerprint density at radius 2 is 1.73 bits per heavy atom. The second-order valence-electron chi connectivity index (χ2n) is 6.12. The Morgan fingerprint density at radius 3 is 2.36 bits per heavy atom. The molecule has 1 unspecified atom stereocenters. The van der Waals surface area contributed by atoms with Gasteiger partial charge in [0.2, 0.25) is 0 Å². The zero-order chi connectivity index (χ0) is 15.3. The van der Waals surface area contributed by atoms with Gasteiger partial charge in [-0.2, -0.15) is 0 Å². The van der Waals surface area contributed by atoms with Gasteiger partial charge in [0.15, 0.2) is 0 Å². The Balaban J connectivity index is 1.80. The molecule has 1 aliphatic heterocycles. The molecule has 0 amide bonds. The van der Waals surface area contributed by atoms with Crippen LogP contribution in [-0.4, -0.2) is 16.1 Å². The van der Waals surface area contributed by atoms with E-state index in [1.54, 1.807) is 0 Å². The van der Waals surface area contributed by atoms with Gasteiger partial charge < -0.3 is 4.74 Å². The molecule has 1 aliphatic rings. The molecule has 0 aromatic heterocycles. The van der Waals surface area contributed by atoms with E-state index in [0.717, 1.165) is 6.61 Å². The van der Waals surface area contributed by atoms with Crippen molar-refractivity contribution in [3.63, 3.8) is 0 Å². The summed E-state index contributed by atoms with van der Waals surface area (Å²) in [5, 5.41) is 0.0128. The van der Waals surface area contributed by atoms with Crippen molar-refractivity contribution < 1.29 is 4.74 Å². The molecule has 0 radical (unpaired) electrons. The summed E-state index contributed by atoms with van der Waals surface area (Å²) in [5.41, 5.74) is 3.99. The molecular weight excluding hydrogens is 308 g/mol. The van der Waals surface area contributed by atoms with E-state index in [9.17, 15) is 0 Å². The lowest BCUT2D eigenvalue weighted by atomic mass is 9.99. The van der Waals surface area contributed by atoms with Crippen molar-refractivity contribution in [2.24, 2.45) is 0 Å². The highest BCUT2D eigenvalue weighted by Gasteiger charge is 2.34. The Labute approximate surface area is 140 Å². The summed E-state index contributed by atoms with van der Waals surface area (Å²) in [4.78, 5) is 0. The first-order valence-corrected chi connectivity index (χ1v) is 10.4. The van der Waals surface area contributed by atoms with E-state index in [4.69, 9.17) is 16.3 Å². The van der Waals surface area contributed by atoms with Crippen LogP contribution in [0.5, 0.6) is 0 Å². The van der Waals surface area contributed by atoms with Crippen molar-refractivity contribution in [1.82, 2.24) is 0 Å². The van der Waals surface area contributed by atoms with Crippen LogP contribution in [0.4, 0.5) is 0 Å². The predicted molar refractivity (Wildman–Crippen MR) is 96.2 cm³/mol. The third-order valence-electron chi connectivity index (χ3n) is 4.65. The molecule has 116 valence electrons. The lowest BCUT2D eigenvalue weighted by molar-refractivity contribution is -0.0241. The first kappa shape index (κ1) is 15.8. The highest BCUT2D eigenvalue weighted by atomic mass is 35.5. The summed E-state index contributed by atoms with van der Waals surface area (Å²) < 4.78 is 6.38. The summed E-state index contributed by atoms with van der Waals surface area (Å²) in [7, 11) is -0.412. The van der Waals surface area contributed by atoms with Crippen LogP contribution in [0.15, 0.2) is 54.6 Å². The van der Waals surface area contributed by atoms with Crippen LogP contribution in [0.1, 0.15) is 36.0 Å². The zero-order valence-electron chi connectivity index (χ0n) is 12.9. The van der Waals surface area contributed by atoms with Crippen LogP contribution in [0.25, 0.3) is 0 Å². The standard InChI is InChI=1S/C19H23ClOSi/c20-14-16-8-10-18(11-9-16)19(12-4-5-13-21-19)22-15-17-6-2-1-3-7-17/h1-3,6-11H,4-5,12-15,22H2. The van der Waals surface area contributed by atoms with E-state index < -0.39 is 9.52 Å². The number of benzene rings is 2. The van der Waals surface area contributed by atoms with Crippen molar-refractivity contribution in [2.75, 3.05) is 6.61 Å². The molecule has 1 atom stereocenters. The molecule has 0 saturated carbocycles. The summed E-state index contributed by atoms with van der Waals surface area (Å²) in [6.07, 6.45) is 3.65. The summed E-state index contributed by atoms with van der Waals surface area (Å²) >= 11 is 5.92. The Kier molecular flexibility index (Phi) is 5.35. The molecule has 0 bridgehead atoms. The molecule has 1 saturated heterocycles. The minimum absolute atomic E-state index is 0.0128. The van der Waals surface area contributed by atoms with Gasteiger partial charge >= 0.3 is 0 Å². The van der Waals surface area contributed by atoms with E-state index in [1.807, 2.05) is 0 Å². The predicted octanol–water partition coefficient (Wildman–Crippen LogP) is 4.15. The normalized spacial score (nSPS) is 22.2. The first-order chi connectivity index (χ1) is 10.8. The van der Waals surface area contributed by atoms with Crippen molar-refractivity contribution in [2.45, 2.75) is 36.4 Å². The molecule has 3 rings (SSSR count). The Bertz CT molecular complexity index is 576. The van der Waals surface area contributed by atoms with Crippen LogP contribution < -0.4 is 0 Å². The SMILES string of the molecule is ClCc1ccc(C2([SiH2]Cc3ccccc3)CCCCO2)cc1. The fraction of sp³-hybridized carbons (Fsp3) is 0.368. The summed E-state index contributed by atoms with van der Waals surface area (Å²) in [6, 6.07) is 20.8. The molecule has 1 heterocycles. The van der Waals surface area contributed by atoms with Crippen LogP contribution in [0, 0.1) is 0 Å². The topological polar surface area (TPSA) is 9.23 Å². The number of hydrogen-bond acceptors (Lipinski definition) is 1. The van der Waals surface area contributed by atoms with Crippen LogP contribution in [-0.2, 0) is 21.9 Å². The minimum Gasteiger partial charge on any atom is -0.375 e. The van der Waals surface area contributed by atoms with Gasteiger partial charge in [0.05, 0.1) is 14.7 Å². The Hall–Kier alpha value is -1.09. The van der Waals surface area contributed by atoms with Gasteiger partial charge in [-0.3, -0.25) is 0 Å². The van der Waals surface area contributed by atoms with E-state index >= 15 is 0 Å². The second-order valence-corrected chi connectivity index (χ2v) is 8.53. The van der Waals surface area contributed by atoms with Gasteiger partial charge in [-0.25, -0.2) is 0 Å². The Morgan fingerprint density at radius 1 is 0.955 bits per heavy atom. The summed E-state index contributed by atoms with van der Waals surface area (Å²) in [5.74, 6) is 0.579. The molecule has 2 aromatic carbocycles. The van der Waals surface area contributed by atoms with Crippen molar-refractivity contribution in [3.05, 3.63) is 71.3 Å². The highest BCUT2D eigenvalue weighted by Crippen LogP contribution is 2.35. The van der Waals surface area contributed by atoms with E-state index in [0.29, 0.717) is 5.88 Å². The van der Waals surface area contributed by atoms with Crippen LogP contribution in [0.2, 0.25) is 0 Å². The van der Waals surface area contributed by atoms with E-state index in [-0.39, 0.29) is 5.22 Å². The van der Waals surface area contributed by atoms with Crippen molar-refractivity contribution in [1.29, 1.82) is 0 Å². The lowest BCUT2D eigenvalue weighted by Gasteiger charge is -2.38. The number of hydrogen-bond donors (Lipinski definition) is 0. The number of halogens is 1. The average molecular weight is 331 g/mol. The molecule has 1 fully saturated rings. The van der Waals surface area contributed by atoms with Gasteiger partial charge in [-0.1, -0.05) is 60.2 Å². The van der Waals surface area contributed by atoms with Crippen LogP contribution in [0.3, 0.4) is 0 Å². The zero-order valence-corrected chi connectivity index (χ0v) is 15.1. The number of rotatable bonds is 5. The third-order valence-corrected chi connectivity index (χ3v) is 7.56. The molecule has 2 aromatic rings. The van der Waals surface area contributed by atoms with Crippen molar-refractivity contribution >= 4 is 21.1 Å². The summed E-state index contributed by atoms with van der Waals surface area (Å²) in [6.45, 7) is 0.902. The largest absolute Gasteiger partial charge is 0.375 e. The number of ether oxygens (including phenoxy) is 1. The molecular formula is C19H23ClOSi. The smallest absolute Gasteiger partial charge is 0.0761 e. The molecule has 22 heavy (non-hydrogen) atoms. The molecule has 3 heteroatoms. The lowest BCUT2D eigenvalue weighted by Crippen LogP contribution is -2.40. The maximum absolute atomic E-state index is 6.38. The van der Waals surface area contributed by atoms with E-state index in [2.05, 4.69) is 54.6 Å². The maximum atomic E-state index is 6.38. The number of alkyl halides is 1. The monoisotopic (exact) mass is 330 g/mol. The van der Waals surface area contributed by atoms with Gasteiger partial charge in [0.25, 0.3) is 0 Å². The first-order valence-electron chi connectivity index (χ1n) is 8.16. The van der Waals surface area contributed by atoms with E-state index in [1.165, 1.54) is 42.0 Å². The average Bonchev–Trinajstić information content (AvgIpc) is 2.62. The minimum atomic E-state index is -0.412. The quantitative estimate of drug-likeness (QED) is 0.591. The second kappa shape index (κ2) is 7.45. The molecule has 0 aliphatic carbocycles. The molecule has 1 nitrogen and oxygen atoms in total. The maximum Gasteiger partial charge on any atom is 0.0761 e. The van der Waals surface area contributed by atoms with Gasteiger partial charge in [-0.05, 0) is 36.4 Å². The molecule has 0 spiro atoms. The van der Waals surface area contributed by atoms with Gasteiger partial charge in [0, 0.05) is 12.5 Å². The third kappa shape index (κ3) is 3.62. The van der Waals surface area contributed by atoms with Crippen LogP contribution >= 0.6 is 11.6 Å².